The van der Waals surface area contributed by atoms with Gasteiger partial charge in [0.15, 0.2) is 0 Å². The first kappa shape index (κ1) is 17.8. The van der Waals surface area contributed by atoms with E-state index in [1.807, 2.05) is 0 Å². The van der Waals surface area contributed by atoms with E-state index in [0.717, 1.165) is 31.6 Å². The molecule has 1 aliphatic heterocycles. The smallest absolute Gasteiger partial charge is 0.433 e. The lowest BCUT2D eigenvalue weighted by atomic mass is 10.1. The molecule has 1 aromatic heterocycles. The Bertz CT molecular complexity index is 822. The number of fused-ring (bicyclic) bond motifs is 2. The van der Waals surface area contributed by atoms with E-state index in [1.54, 1.807) is 24.3 Å². The topological polar surface area (TPSA) is 63.2 Å². The standard InChI is InChI=1S/C19H18F3N3O2/c20-19(21,22)17-6-5-14(10-24-17)27-13-3-1-12(2-4-13)18(26)25-16-8-11-7-15(16)23-9-11/h1-6,10-11,15-16,23H,7-9H2,(H,25,26). The molecule has 1 amide bonds. The Morgan fingerprint density at radius 1 is 1.11 bits per heavy atom. The highest BCUT2D eigenvalue weighted by Crippen LogP contribution is 2.31. The van der Waals surface area contributed by atoms with E-state index < -0.39 is 11.9 Å². The molecule has 27 heavy (non-hydrogen) atoms. The molecule has 1 saturated heterocycles. The van der Waals surface area contributed by atoms with Crippen LogP contribution in [0.15, 0.2) is 42.6 Å². The predicted molar refractivity (Wildman–Crippen MR) is 91.5 cm³/mol. The van der Waals surface area contributed by atoms with Gasteiger partial charge in [-0.2, -0.15) is 13.2 Å². The van der Waals surface area contributed by atoms with Crippen molar-refractivity contribution < 1.29 is 22.7 Å². The second-order valence-corrected chi connectivity index (χ2v) is 6.94. The molecule has 2 N–H and O–H groups in total. The maximum atomic E-state index is 12.5. The number of rotatable bonds is 4. The van der Waals surface area contributed by atoms with Crippen molar-refractivity contribution in [2.45, 2.75) is 31.1 Å². The van der Waals surface area contributed by atoms with Gasteiger partial charge in [0.25, 0.3) is 5.91 Å². The van der Waals surface area contributed by atoms with Crippen molar-refractivity contribution in [3.63, 3.8) is 0 Å². The Morgan fingerprint density at radius 2 is 1.85 bits per heavy atom. The van der Waals surface area contributed by atoms with E-state index in [-0.39, 0.29) is 17.7 Å². The molecule has 1 aliphatic carbocycles. The van der Waals surface area contributed by atoms with Gasteiger partial charge in [0.2, 0.25) is 0 Å². The summed E-state index contributed by atoms with van der Waals surface area (Å²) in [5.74, 6) is 1.11. The largest absolute Gasteiger partial charge is 0.456 e. The predicted octanol–water partition coefficient (Wildman–Crippen LogP) is 3.37. The van der Waals surface area contributed by atoms with Crippen LogP contribution < -0.4 is 15.4 Å². The SMILES string of the molecule is O=C(NC1CC2CNC1C2)c1ccc(Oc2ccc(C(F)(F)F)nc2)cc1. The summed E-state index contributed by atoms with van der Waals surface area (Å²) in [6.45, 7) is 1.03. The van der Waals surface area contributed by atoms with Gasteiger partial charge >= 0.3 is 6.18 Å². The van der Waals surface area contributed by atoms with Crippen molar-refractivity contribution in [2.75, 3.05) is 6.54 Å². The number of carbonyl (C=O) groups is 1. The molecule has 1 saturated carbocycles. The minimum atomic E-state index is -4.48. The lowest BCUT2D eigenvalue weighted by Crippen LogP contribution is -2.47. The summed E-state index contributed by atoms with van der Waals surface area (Å²) in [4.78, 5) is 15.7. The third kappa shape index (κ3) is 3.90. The van der Waals surface area contributed by atoms with Crippen LogP contribution in [-0.2, 0) is 6.18 Å². The zero-order valence-corrected chi connectivity index (χ0v) is 14.3. The number of hydrogen-bond acceptors (Lipinski definition) is 4. The number of aromatic nitrogens is 1. The highest BCUT2D eigenvalue weighted by molar-refractivity contribution is 5.94. The average Bonchev–Trinajstić information content (AvgIpc) is 3.25. The number of carbonyl (C=O) groups excluding carboxylic acids is 1. The fourth-order valence-corrected chi connectivity index (χ4v) is 3.68. The first-order chi connectivity index (χ1) is 12.9. The molecule has 0 spiro atoms. The molecule has 2 heterocycles. The monoisotopic (exact) mass is 377 g/mol. The van der Waals surface area contributed by atoms with Gasteiger partial charge in [-0.05, 0) is 61.7 Å². The van der Waals surface area contributed by atoms with Gasteiger partial charge in [-0.25, -0.2) is 4.98 Å². The molecule has 8 heteroatoms. The van der Waals surface area contributed by atoms with Crippen molar-refractivity contribution in [1.82, 2.24) is 15.6 Å². The zero-order valence-electron chi connectivity index (χ0n) is 14.3. The fraction of sp³-hybridized carbons (Fsp3) is 0.368. The van der Waals surface area contributed by atoms with E-state index in [0.29, 0.717) is 23.3 Å². The van der Waals surface area contributed by atoms with Crippen molar-refractivity contribution in [2.24, 2.45) is 5.92 Å². The molecule has 142 valence electrons. The Hall–Kier alpha value is -2.61. The molecule has 4 rings (SSSR count). The lowest BCUT2D eigenvalue weighted by Gasteiger charge is -2.24. The zero-order chi connectivity index (χ0) is 19.0. The van der Waals surface area contributed by atoms with Crippen LogP contribution >= 0.6 is 0 Å². The normalized spacial score (nSPS) is 24.0. The number of piperidine rings is 1. The molecular formula is C19H18F3N3O2. The first-order valence-corrected chi connectivity index (χ1v) is 8.74. The third-order valence-corrected chi connectivity index (χ3v) is 5.02. The highest BCUT2D eigenvalue weighted by atomic mass is 19.4. The Morgan fingerprint density at radius 3 is 2.41 bits per heavy atom. The van der Waals surface area contributed by atoms with Crippen LogP contribution in [0.25, 0.3) is 0 Å². The Labute approximate surface area is 153 Å². The van der Waals surface area contributed by atoms with Crippen LogP contribution in [0.3, 0.4) is 0 Å². The molecular weight excluding hydrogens is 359 g/mol. The van der Waals surface area contributed by atoms with Gasteiger partial charge in [0, 0.05) is 17.6 Å². The van der Waals surface area contributed by atoms with Gasteiger partial charge in [0.1, 0.15) is 17.2 Å². The molecule has 2 aliphatic rings. The van der Waals surface area contributed by atoms with Crippen molar-refractivity contribution in [1.29, 1.82) is 0 Å². The van der Waals surface area contributed by atoms with E-state index in [9.17, 15) is 18.0 Å². The fourth-order valence-electron chi connectivity index (χ4n) is 3.68. The number of alkyl halides is 3. The van der Waals surface area contributed by atoms with Crippen LogP contribution in [0.1, 0.15) is 28.9 Å². The van der Waals surface area contributed by atoms with Crippen LogP contribution in [0.2, 0.25) is 0 Å². The summed E-state index contributed by atoms with van der Waals surface area (Å²) >= 11 is 0. The summed E-state index contributed by atoms with van der Waals surface area (Å²) in [6, 6.07) is 9.04. The number of halogens is 3. The molecule has 1 aromatic carbocycles. The average molecular weight is 377 g/mol. The number of ether oxygens (including phenoxy) is 1. The molecule has 3 atom stereocenters. The van der Waals surface area contributed by atoms with E-state index in [1.165, 1.54) is 6.07 Å². The van der Waals surface area contributed by atoms with E-state index >= 15 is 0 Å². The van der Waals surface area contributed by atoms with Crippen LogP contribution in [0, 0.1) is 5.92 Å². The number of hydrogen-bond donors (Lipinski definition) is 2. The minimum Gasteiger partial charge on any atom is -0.456 e. The minimum absolute atomic E-state index is 0.142. The number of amides is 1. The summed E-state index contributed by atoms with van der Waals surface area (Å²) < 4.78 is 43.0. The Kier molecular flexibility index (Phi) is 4.51. The quantitative estimate of drug-likeness (QED) is 0.858. The van der Waals surface area contributed by atoms with Crippen molar-refractivity contribution >= 4 is 5.91 Å². The van der Waals surface area contributed by atoms with Gasteiger partial charge in [-0.3, -0.25) is 4.79 Å². The number of nitrogens with zero attached hydrogens (tertiary/aromatic N) is 1. The molecule has 3 unspecified atom stereocenters. The third-order valence-electron chi connectivity index (χ3n) is 5.02. The van der Waals surface area contributed by atoms with Gasteiger partial charge in [0.05, 0.1) is 6.20 Å². The summed E-state index contributed by atoms with van der Waals surface area (Å²) in [6.07, 6.45) is -1.35. The second-order valence-electron chi connectivity index (χ2n) is 6.94. The molecule has 2 bridgehead atoms. The second kappa shape index (κ2) is 6.84. The van der Waals surface area contributed by atoms with Gasteiger partial charge in [-0.15, -0.1) is 0 Å². The highest BCUT2D eigenvalue weighted by Gasteiger charge is 2.40. The number of nitrogens with one attached hydrogen (secondary N) is 2. The molecule has 5 nitrogen and oxygen atoms in total. The van der Waals surface area contributed by atoms with Gasteiger partial charge in [-0.1, -0.05) is 0 Å². The summed E-state index contributed by atoms with van der Waals surface area (Å²) in [7, 11) is 0. The summed E-state index contributed by atoms with van der Waals surface area (Å²) in [5.41, 5.74) is -0.465. The molecule has 0 radical (unpaired) electrons. The maximum absolute atomic E-state index is 12.5. The maximum Gasteiger partial charge on any atom is 0.433 e. The van der Waals surface area contributed by atoms with Crippen LogP contribution in [-0.4, -0.2) is 29.5 Å². The van der Waals surface area contributed by atoms with Gasteiger partial charge < -0.3 is 15.4 Å². The molecule has 2 fully saturated rings. The lowest BCUT2D eigenvalue weighted by molar-refractivity contribution is -0.141. The summed E-state index contributed by atoms with van der Waals surface area (Å²) in [5, 5.41) is 6.46. The number of pyridine rings is 1. The van der Waals surface area contributed by atoms with E-state index in [2.05, 4.69) is 15.6 Å². The van der Waals surface area contributed by atoms with Crippen molar-refractivity contribution in [3.05, 3.63) is 53.9 Å². The van der Waals surface area contributed by atoms with Crippen LogP contribution in [0.4, 0.5) is 13.2 Å². The van der Waals surface area contributed by atoms with E-state index in [4.69, 9.17) is 4.74 Å². The first-order valence-electron chi connectivity index (χ1n) is 8.74. The molecule has 2 aromatic rings. The Balaban J connectivity index is 1.36. The number of benzene rings is 1. The van der Waals surface area contributed by atoms with Crippen LogP contribution in [0.5, 0.6) is 11.5 Å². The van der Waals surface area contributed by atoms with Crippen molar-refractivity contribution in [3.8, 4) is 11.5 Å².